The summed E-state index contributed by atoms with van der Waals surface area (Å²) in [6.07, 6.45) is 0. The minimum atomic E-state index is -0.752. The molecule has 0 aliphatic rings. The Morgan fingerprint density at radius 3 is 2.37 bits per heavy atom. The Hall–Kier alpha value is -3.48. The highest BCUT2D eigenvalue weighted by Gasteiger charge is 2.26. The molecule has 3 aromatic rings. The van der Waals surface area contributed by atoms with Crippen LogP contribution in [0.15, 0.2) is 59.1 Å². The molecule has 2 aromatic carbocycles. The number of hydrogen-bond donors (Lipinski definition) is 2. The number of aromatic nitrogens is 1. The molecule has 3 rings (SSSR count). The van der Waals surface area contributed by atoms with E-state index in [-0.39, 0.29) is 29.9 Å². The number of rotatable bonds is 7. The van der Waals surface area contributed by atoms with Crippen LogP contribution in [-0.4, -0.2) is 23.0 Å². The van der Waals surface area contributed by atoms with Crippen molar-refractivity contribution in [2.45, 2.75) is 33.4 Å². The molecule has 1 atom stereocenters. The average Bonchev–Trinajstić information content (AvgIpc) is 3.22. The maximum absolute atomic E-state index is 13.0. The fourth-order valence-corrected chi connectivity index (χ4v) is 2.89. The predicted molar refractivity (Wildman–Crippen MR) is 111 cm³/mol. The molecular formula is C23H24FN3O3. The van der Waals surface area contributed by atoms with Crippen LogP contribution in [0, 0.1) is 18.7 Å². The lowest BCUT2D eigenvalue weighted by molar-refractivity contribution is -0.124. The van der Waals surface area contributed by atoms with Gasteiger partial charge in [-0.15, -0.1) is 0 Å². The normalized spacial score (nSPS) is 11.9. The van der Waals surface area contributed by atoms with Gasteiger partial charge in [-0.1, -0.05) is 61.0 Å². The zero-order chi connectivity index (χ0) is 21.7. The van der Waals surface area contributed by atoms with Gasteiger partial charge in [-0.25, -0.2) is 4.39 Å². The van der Waals surface area contributed by atoms with Gasteiger partial charge in [-0.05, 0) is 30.5 Å². The molecule has 1 heterocycles. The summed E-state index contributed by atoms with van der Waals surface area (Å²) < 4.78 is 18.3. The SMILES string of the molecule is Cc1ccc(-c2cc(C(=O)N[C@H](C(=O)NCc3ccc(F)cc3)C(C)C)no2)cc1. The molecule has 0 saturated heterocycles. The van der Waals surface area contributed by atoms with Gasteiger partial charge in [0.2, 0.25) is 5.91 Å². The number of aryl methyl sites for hydroxylation is 1. The van der Waals surface area contributed by atoms with Crippen molar-refractivity contribution in [3.8, 4) is 11.3 Å². The van der Waals surface area contributed by atoms with Crippen LogP contribution in [0.3, 0.4) is 0 Å². The molecule has 0 spiro atoms. The summed E-state index contributed by atoms with van der Waals surface area (Å²) in [6, 6.07) is 14.3. The highest BCUT2D eigenvalue weighted by molar-refractivity contribution is 5.96. The third-order valence-corrected chi connectivity index (χ3v) is 4.69. The predicted octanol–water partition coefficient (Wildman–Crippen LogP) is 3.86. The third kappa shape index (κ3) is 5.31. The van der Waals surface area contributed by atoms with Gasteiger partial charge in [0.15, 0.2) is 11.5 Å². The van der Waals surface area contributed by atoms with Gasteiger partial charge in [-0.3, -0.25) is 9.59 Å². The topological polar surface area (TPSA) is 84.2 Å². The lowest BCUT2D eigenvalue weighted by Crippen LogP contribution is -2.49. The molecule has 2 N–H and O–H groups in total. The smallest absolute Gasteiger partial charge is 0.274 e. The largest absolute Gasteiger partial charge is 0.355 e. The first-order valence-corrected chi connectivity index (χ1v) is 9.70. The van der Waals surface area contributed by atoms with E-state index in [1.54, 1.807) is 18.2 Å². The maximum atomic E-state index is 13.0. The Morgan fingerprint density at radius 1 is 1.07 bits per heavy atom. The first-order valence-electron chi connectivity index (χ1n) is 9.70. The second-order valence-corrected chi connectivity index (χ2v) is 7.48. The van der Waals surface area contributed by atoms with Crippen LogP contribution in [0.5, 0.6) is 0 Å². The number of amides is 2. The molecule has 0 unspecified atom stereocenters. The summed E-state index contributed by atoms with van der Waals surface area (Å²) in [5.41, 5.74) is 2.78. The number of benzene rings is 2. The van der Waals surface area contributed by atoms with Crippen LogP contribution in [0.1, 0.15) is 35.5 Å². The van der Waals surface area contributed by atoms with Crippen molar-refractivity contribution in [2.75, 3.05) is 0 Å². The van der Waals surface area contributed by atoms with Crippen LogP contribution in [0.25, 0.3) is 11.3 Å². The van der Waals surface area contributed by atoms with Crippen LogP contribution in [0.4, 0.5) is 4.39 Å². The molecule has 7 heteroatoms. The van der Waals surface area contributed by atoms with Crippen molar-refractivity contribution >= 4 is 11.8 Å². The molecule has 1 aromatic heterocycles. The summed E-state index contributed by atoms with van der Waals surface area (Å²) in [5, 5.41) is 9.33. The van der Waals surface area contributed by atoms with Gasteiger partial charge < -0.3 is 15.2 Å². The standard InChI is InChI=1S/C23H24FN3O3/c1-14(2)21(23(29)25-13-16-6-10-18(24)11-7-16)26-22(28)19-12-20(30-27-19)17-8-4-15(3)5-9-17/h4-12,14,21H,13H2,1-3H3,(H,25,29)(H,26,28)/t21-/m0/s1. The van der Waals surface area contributed by atoms with Crippen molar-refractivity contribution in [1.82, 2.24) is 15.8 Å². The number of hydrogen-bond acceptors (Lipinski definition) is 4. The Labute approximate surface area is 174 Å². The van der Waals surface area contributed by atoms with E-state index in [1.807, 2.05) is 45.0 Å². The lowest BCUT2D eigenvalue weighted by Gasteiger charge is -2.21. The van der Waals surface area contributed by atoms with Crippen LogP contribution >= 0.6 is 0 Å². The fraction of sp³-hybridized carbons (Fsp3) is 0.261. The van der Waals surface area contributed by atoms with Gasteiger partial charge in [-0.2, -0.15) is 0 Å². The van der Waals surface area contributed by atoms with E-state index in [0.29, 0.717) is 5.76 Å². The third-order valence-electron chi connectivity index (χ3n) is 4.69. The highest BCUT2D eigenvalue weighted by Crippen LogP contribution is 2.21. The maximum Gasteiger partial charge on any atom is 0.274 e. The molecule has 0 saturated carbocycles. The van der Waals surface area contributed by atoms with E-state index in [9.17, 15) is 14.0 Å². The monoisotopic (exact) mass is 409 g/mol. The molecule has 2 amide bonds. The molecule has 0 fully saturated rings. The summed E-state index contributed by atoms with van der Waals surface area (Å²) in [5.74, 6) is -0.833. The van der Waals surface area contributed by atoms with Crippen molar-refractivity contribution in [1.29, 1.82) is 0 Å². The number of carbonyl (C=O) groups is 2. The van der Waals surface area contributed by atoms with Crippen molar-refractivity contribution < 1.29 is 18.5 Å². The van der Waals surface area contributed by atoms with Gasteiger partial charge in [0.25, 0.3) is 5.91 Å². The zero-order valence-corrected chi connectivity index (χ0v) is 17.1. The quantitative estimate of drug-likeness (QED) is 0.621. The number of nitrogens with one attached hydrogen (secondary N) is 2. The number of halogens is 1. The van der Waals surface area contributed by atoms with Crippen molar-refractivity contribution in [2.24, 2.45) is 5.92 Å². The molecule has 0 radical (unpaired) electrons. The van der Waals surface area contributed by atoms with Crippen molar-refractivity contribution in [3.63, 3.8) is 0 Å². The van der Waals surface area contributed by atoms with Gasteiger partial charge >= 0.3 is 0 Å². The van der Waals surface area contributed by atoms with Crippen LogP contribution in [0.2, 0.25) is 0 Å². The Kier molecular flexibility index (Phi) is 6.61. The van der Waals surface area contributed by atoms with Crippen LogP contribution in [-0.2, 0) is 11.3 Å². The Balaban J connectivity index is 1.64. The van der Waals surface area contributed by atoms with E-state index in [4.69, 9.17) is 4.52 Å². The molecular weight excluding hydrogens is 385 g/mol. The van der Waals surface area contributed by atoms with Gasteiger partial charge in [0, 0.05) is 18.2 Å². The minimum Gasteiger partial charge on any atom is -0.355 e. The molecule has 0 bridgehead atoms. The van der Waals surface area contributed by atoms with E-state index < -0.39 is 11.9 Å². The van der Waals surface area contributed by atoms with Crippen molar-refractivity contribution in [3.05, 3.63) is 77.2 Å². The van der Waals surface area contributed by atoms with E-state index in [0.717, 1.165) is 16.7 Å². The molecule has 156 valence electrons. The summed E-state index contributed by atoms with van der Waals surface area (Å²) in [7, 11) is 0. The fourth-order valence-electron chi connectivity index (χ4n) is 2.89. The van der Waals surface area contributed by atoms with Gasteiger partial charge in [0.05, 0.1) is 0 Å². The van der Waals surface area contributed by atoms with E-state index in [2.05, 4.69) is 15.8 Å². The van der Waals surface area contributed by atoms with Gasteiger partial charge in [0.1, 0.15) is 11.9 Å². The second kappa shape index (κ2) is 9.35. The molecule has 0 aliphatic carbocycles. The second-order valence-electron chi connectivity index (χ2n) is 7.48. The molecule has 30 heavy (non-hydrogen) atoms. The first kappa shape index (κ1) is 21.2. The number of nitrogens with zero attached hydrogens (tertiary/aromatic N) is 1. The van der Waals surface area contributed by atoms with E-state index in [1.165, 1.54) is 12.1 Å². The molecule has 0 aliphatic heterocycles. The summed E-state index contributed by atoms with van der Waals surface area (Å²) in [6.45, 7) is 5.89. The first-order chi connectivity index (χ1) is 14.3. The Morgan fingerprint density at radius 2 is 1.73 bits per heavy atom. The summed E-state index contributed by atoms with van der Waals surface area (Å²) >= 11 is 0. The average molecular weight is 409 g/mol. The molecule has 6 nitrogen and oxygen atoms in total. The summed E-state index contributed by atoms with van der Waals surface area (Å²) in [4.78, 5) is 25.2. The lowest BCUT2D eigenvalue weighted by atomic mass is 10.0. The number of carbonyl (C=O) groups excluding carboxylic acids is 2. The Bertz CT molecular complexity index is 1010. The minimum absolute atomic E-state index is 0.0996. The zero-order valence-electron chi connectivity index (χ0n) is 17.1. The van der Waals surface area contributed by atoms with Crippen LogP contribution < -0.4 is 10.6 Å². The van der Waals surface area contributed by atoms with E-state index >= 15 is 0 Å². The highest BCUT2D eigenvalue weighted by atomic mass is 19.1.